The fraction of sp³-hybridized carbons (Fsp3) is 0.318. The molecule has 2 heterocycles. The van der Waals surface area contributed by atoms with Crippen molar-refractivity contribution in [1.29, 1.82) is 0 Å². The summed E-state index contributed by atoms with van der Waals surface area (Å²) in [5, 5.41) is 33.7. The molecule has 1 aliphatic heterocycles. The summed E-state index contributed by atoms with van der Waals surface area (Å²) in [5.41, 5.74) is 4.42. The van der Waals surface area contributed by atoms with Gasteiger partial charge in [0.25, 0.3) is 0 Å². The lowest BCUT2D eigenvalue weighted by molar-refractivity contribution is -0.165. The number of methoxy groups -OCH3 is 1. The van der Waals surface area contributed by atoms with E-state index in [1.807, 2.05) is 45.9 Å². The molecule has 0 aliphatic carbocycles. The molecule has 1 amide bonds. The van der Waals surface area contributed by atoms with Gasteiger partial charge in [-0.2, -0.15) is 0 Å². The molecule has 1 aliphatic rings. The van der Waals surface area contributed by atoms with Gasteiger partial charge in [0.2, 0.25) is 5.91 Å². The standard InChI is InChI=1S/C40H40ClF2N3O3.C4H6O6/c1-49-24-23-44-21-19-33(20-22-44)46(26-28-9-11-29(12-10-28)30-13-16-32(41)17-14-30)39(48)27-45-34(18-15-31-5-4-7-36(42)40(31)43)25-38(47)35-6-2-3-8-37(35)45;5-1(3(7)8)2(6)4(9)10/h2-14,16-17,25,33H,15,18-24,26-27H2,1H3;1-2,5-6H,(H,7,8)(H,9,10). The number of aryl methyl sites for hydroxylation is 2. The Morgan fingerprint density at radius 2 is 1.46 bits per heavy atom. The summed E-state index contributed by atoms with van der Waals surface area (Å²) in [7, 11) is 1.70. The molecule has 0 spiro atoms. The molecule has 0 bridgehead atoms. The van der Waals surface area contributed by atoms with E-state index in [2.05, 4.69) is 29.2 Å². The van der Waals surface area contributed by atoms with Crippen molar-refractivity contribution in [3.05, 3.63) is 141 Å². The Balaban J connectivity index is 0.000000586. The van der Waals surface area contributed by atoms with Gasteiger partial charge in [0.1, 0.15) is 6.54 Å². The molecule has 312 valence electrons. The molecule has 2 unspecified atom stereocenters. The highest BCUT2D eigenvalue weighted by molar-refractivity contribution is 6.30. The number of hydrogen-bond donors (Lipinski definition) is 4. The van der Waals surface area contributed by atoms with Crippen molar-refractivity contribution in [3.63, 3.8) is 0 Å². The highest BCUT2D eigenvalue weighted by Crippen LogP contribution is 2.25. The number of para-hydroxylation sites is 1. The van der Waals surface area contributed by atoms with E-state index >= 15 is 0 Å². The van der Waals surface area contributed by atoms with Crippen LogP contribution in [0, 0.1) is 11.6 Å². The van der Waals surface area contributed by atoms with Crippen LogP contribution in [0.25, 0.3) is 22.0 Å². The van der Waals surface area contributed by atoms with Crippen LogP contribution in [0.1, 0.15) is 29.7 Å². The molecule has 1 aromatic heterocycles. The molecule has 1 saturated heterocycles. The monoisotopic (exact) mass is 833 g/mol. The van der Waals surface area contributed by atoms with E-state index in [-0.39, 0.29) is 42.3 Å². The molecule has 59 heavy (non-hydrogen) atoms. The number of fused-ring (bicyclic) bond motifs is 1. The second-order valence-electron chi connectivity index (χ2n) is 14.2. The van der Waals surface area contributed by atoms with E-state index < -0.39 is 35.8 Å². The second-order valence-corrected chi connectivity index (χ2v) is 14.6. The number of ether oxygens (including phenoxy) is 1. The smallest absolute Gasteiger partial charge is 0.335 e. The van der Waals surface area contributed by atoms with Crippen LogP contribution in [0.5, 0.6) is 0 Å². The fourth-order valence-electron chi connectivity index (χ4n) is 7.01. The number of aliphatic carboxylic acids is 2. The number of aliphatic hydroxyl groups excluding tert-OH is 2. The summed E-state index contributed by atoms with van der Waals surface area (Å²) < 4.78 is 35.7. The number of aromatic nitrogens is 1. The molecular weight excluding hydrogens is 788 g/mol. The number of carboxylic acids is 2. The normalized spacial score (nSPS) is 14.3. The lowest BCUT2D eigenvalue weighted by Gasteiger charge is -2.39. The van der Waals surface area contributed by atoms with Crippen molar-refractivity contribution in [2.24, 2.45) is 0 Å². The van der Waals surface area contributed by atoms with Crippen LogP contribution in [0.2, 0.25) is 5.02 Å². The number of carbonyl (C=O) groups is 3. The third-order valence-corrected chi connectivity index (χ3v) is 10.6. The molecule has 12 nitrogen and oxygen atoms in total. The Hall–Kier alpha value is -5.51. The Morgan fingerprint density at radius 1 is 0.847 bits per heavy atom. The zero-order valence-electron chi connectivity index (χ0n) is 32.3. The predicted molar refractivity (Wildman–Crippen MR) is 218 cm³/mol. The Kier molecular flexibility index (Phi) is 15.8. The van der Waals surface area contributed by atoms with Crippen LogP contribution >= 0.6 is 11.6 Å². The molecule has 5 aromatic rings. The summed E-state index contributed by atoms with van der Waals surface area (Å²) >= 11 is 6.09. The maximum Gasteiger partial charge on any atom is 0.335 e. The minimum atomic E-state index is -2.27. The number of amides is 1. The zero-order chi connectivity index (χ0) is 42.6. The second kappa shape index (κ2) is 21.0. The van der Waals surface area contributed by atoms with Crippen molar-refractivity contribution in [2.45, 2.75) is 57.0 Å². The number of pyridine rings is 1. The highest BCUT2D eigenvalue weighted by atomic mass is 35.5. The largest absolute Gasteiger partial charge is 0.479 e. The van der Waals surface area contributed by atoms with Gasteiger partial charge in [0, 0.05) is 61.5 Å². The minimum Gasteiger partial charge on any atom is -0.479 e. The van der Waals surface area contributed by atoms with E-state index in [1.165, 1.54) is 12.1 Å². The van der Waals surface area contributed by atoms with Gasteiger partial charge in [-0.1, -0.05) is 72.3 Å². The van der Waals surface area contributed by atoms with Crippen LogP contribution in [0.4, 0.5) is 8.78 Å². The first kappa shape index (κ1) is 44.6. The Bertz CT molecular complexity index is 2260. The number of carbonyl (C=O) groups excluding carboxylic acids is 1. The van der Waals surface area contributed by atoms with E-state index in [4.69, 9.17) is 36.8 Å². The van der Waals surface area contributed by atoms with Gasteiger partial charge >= 0.3 is 11.9 Å². The summed E-state index contributed by atoms with van der Waals surface area (Å²) in [5.74, 6) is -5.40. The van der Waals surface area contributed by atoms with E-state index in [0.29, 0.717) is 34.8 Å². The first-order chi connectivity index (χ1) is 28.3. The summed E-state index contributed by atoms with van der Waals surface area (Å²) in [6, 6.07) is 28.9. The predicted octanol–water partition coefficient (Wildman–Crippen LogP) is 5.40. The maximum absolute atomic E-state index is 14.6. The third-order valence-electron chi connectivity index (χ3n) is 10.3. The number of likely N-dealkylation sites (tertiary alicyclic amines) is 1. The summed E-state index contributed by atoms with van der Waals surface area (Å²) in [6.45, 7) is 3.67. The molecule has 1 fully saturated rings. The molecule has 2 atom stereocenters. The quantitative estimate of drug-likeness (QED) is 0.107. The zero-order valence-corrected chi connectivity index (χ0v) is 33.1. The van der Waals surface area contributed by atoms with Crippen molar-refractivity contribution in [3.8, 4) is 11.1 Å². The first-order valence-electron chi connectivity index (χ1n) is 19.0. The fourth-order valence-corrected chi connectivity index (χ4v) is 7.14. The topological polar surface area (TPSA) is 170 Å². The van der Waals surface area contributed by atoms with Gasteiger partial charge in [-0.15, -0.1) is 0 Å². The number of nitrogens with zero attached hydrogens (tertiary/aromatic N) is 3. The number of halogens is 3. The van der Waals surface area contributed by atoms with Crippen LogP contribution in [-0.4, -0.2) is 104 Å². The van der Waals surface area contributed by atoms with Gasteiger partial charge < -0.3 is 39.5 Å². The van der Waals surface area contributed by atoms with Gasteiger partial charge in [-0.25, -0.2) is 18.4 Å². The molecule has 0 radical (unpaired) electrons. The number of carboxylic acid groups (broad SMARTS) is 2. The molecule has 4 N–H and O–H groups in total. The first-order valence-corrected chi connectivity index (χ1v) is 19.4. The highest BCUT2D eigenvalue weighted by Gasteiger charge is 2.30. The van der Waals surface area contributed by atoms with Crippen LogP contribution in [0.15, 0.2) is 102 Å². The maximum atomic E-state index is 14.6. The average Bonchev–Trinajstić information content (AvgIpc) is 3.24. The molecular formula is C44H46ClF2N3O9. The lowest BCUT2D eigenvalue weighted by Crippen LogP contribution is -2.48. The van der Waals surface area contributed by atoms with Gasteiger partial charge in [0.15, 0.2) is 29.3 Å². The average molecular weight is 834 g/mol. The number of hydrogen-bond acceptors (Lipinski definition) is 8. The number of rotatable bonds is 15. The van der Waals surface area contributed by atoms with E-state index in [0.717, 1.165) is 55.2 Å². The number of aliphatic hydroxyl groups is 2. The molecule has 6 rings (SSSR count). The Morgan fingerprint density at radius 3 is 2.07 bits per heavy atom. The minimum absolute atomic E-state index is 0.00844. The number of benzene rings is 4. The van der Waals surface area contributed by atoms with Gasteiger partial charge in [-0.05, 0) is 78.3 Å². The van der Waals surface area contributed by atoms with Crippen molar-refractivity contribution < 1.29 is 48.3 Å². The molecule has 0 saturated carbocycles. The Labute approximate surface area is 344 Å². The summed E-state index contributed by atoms with van der Waals surface area (Å²) in [6.07, 6.45) is -2.43. The van der Waals surface area contributed by atoms with Gasteiger partial charge in [0.05, 0.1) is 12.1 Å². The van der Waals surface area contributed by atoms with Crippen molar-refractivity contribution in [2.75, 3.05) is 33.4 Å². The van der Waals surface area contributed by atoms with Gasteiger partial charge in [-0.3, -0.25) is 9.59 Å². The molecule has 4 aromatic carbocycles. The SMILES string of the molecule is COCCN1CCC(N(Cc2ccc(-c3ccc(Cl)cc3)cc2)C(=O)Cn2c(CCc3cccc(F)c3F)cc(=O)c3ccccc32)CC1.O=C(O)C(O)C(O)C(=O)O. The van der Waals surface area contributed by atoms with E-state index in [9.17, 15) is 28.0 Å². The van der Waals surface area contributed by atoms with Crippen LogP contribution in [0.3, 0.4) is 0 Å². The molecule has 15 heteroatoms. The third kappa shape index (κ3) is 11.8. The lowest BCUT2D eigenvalue weighted by atomic mass is 10.0. The number of piperidine rings is 1. The van der Waals surface area contributed by atoms with Crippen molar-refractivity contribution >= 4 is 40.3 Å². The van der Waals surface area contributed by atoms with E-state index in [1.54, 1.807) is 25.3 Å². The summed E-state index contributed by atoms with van der Waals surface area (Å²) in [4.78, 5) is 51.6. The van der Waals surface area contributed by atoms with Crippen LogP contribution in [-0.2, 0) is 45.1 Å². The van der Waals surface area contributed by atoms with Crippen LogP contribution < -0.4 is 5.43 Å². The van der Waals surface area contributed by atoms with Crippen molar-refractivity contribution in [1.82, 2.24) is 14.4 Å².